The molecule has 1 fully saturated rings. The van der Waals surface area contributed by atoms with Gasteiger partial charge in [-0.05, 0) is 63.8 Å². The SMILES string of the molecule is Cc1ccc(ON([O-])C2CCC(N([O-])Oc3ccc(C)cc3)CC2)cc1. The minimum atomic E-state index is -0.250. The Balaban J connectivity index is 1.47. The van der Waals surface area contributed by atoms with Crippen molar-refractivity contribution in [2.45, 2.75) is 51.6 Å². The summed E-state index contributed by atoms with van der Waals surface area (Å²) in [5.74, 6) is 1.06. The standard InChI is InChI=1S/C20H24N2O4/c1-15-3-11-19(12-4-15)25-21(23)17-7-9-18(10-8-17)22(24)26-20-13-5-16(2)6-14-20/h3-6,11-14,17-18H,7-10H2,1-2H3/q-2. The molecule has 1 aliphatic rings. The van der Waals surface area contributed by atoms with Gasteiger partial charge < -0.3 is 20.1 Å². The van der Waals surface area contributed by atoms with Crippen molar-refractivity contribution in [2.75, 3.05) is 0 Å². The number of hydroxylamine groups is 4. The first-order chi connectivity index (χ1) is 12.5. The van der Waals surface area contributed by atoms with Gasteiger partial charge in [-0.15, -0.1) is 0 Å². The van der Waals surface area contributed by atoms with E-state index in [2.05, 4.69) is 0 Å². The lowest BCUT2D eigenvalue weighted by molar-refractivity contribution is -0.0926. The number of nitrogens with zero attached hydrogens (tertiary/aromatic N) is 2. The lowest BCUT2D eigenvalue weighted by Crippen LogP contribution is -2.42. The maximum atomic E-state index is 12.2. The molecule has 1 saturated carbocycles. The van der Waals surface area contributed by atoms with Crippen molar-refractivity contribution < 1.29 is 9.68 Å². The second-order valence-corrected chi connectivity index (χ2v) is 6.84. The molecule has 0 atom stereocenters. The Morgan fingerprint density at radius 3 is 1.27 bits per heavy atom. The third-order valence-corrected chi connectivity index (χ3v) is 4.70. The van der Waals surface area contributed by atoms with E-state index in [1.165, 1.54) is 0 Å². The molecular weight excluding hydrogens is 332 g/mol. The Labute approximate surface area is 154 Å². The van der Waals surface area contributed by atoms with Gasteiger partial charge in [-0.2, -0.15) is 0 Å². The Morgan fingerprint density at radius 1 is 0.654 bits per heavy atom. The molecule has 26 heavy (non-hydrogen) atoms. The molecule has 140 valence electrons. The largest absolute Gasteiger partial charge is 0.752 e. The zero-order valence-electron chi connectivity index (χ0n) is 15.1. The van der Waals surface area contributed by atoms with Crippen molar-refractivity contribution in [1.82, 2.24) is 10.5 Å². The highest BCUT2D eigenvalue weighted by Gasteiger charge is 2.25. The highest BCUT2D eigenvalue weighted by Crippen LogP contribution is 2.28. The van der Waals surface area contributed by atoms with E-state index in [1.807, 2.05) is 38.1 Å². The van der Waals surface area contributed by atoms with Crippen LogP contribution in [0.15, 0.2) is 48.5 Å². The fourth-order valence-electron chi connectivity index (χ4n) is 3.03. The van der Waals surface area contributed by atoms with Gasteiger partial charge in [0, 0.05) is 12.1 Å². The monoisotopic (exact) mass is 356 g/mol. The number of aryl methyl sites for hydroxylation is 2. The van der Waals surface area contributed by atoms with Crippen molar-refractivity contribution in [2.24, 2.45) is 0 Å². The number of hydrogen-bond donors (Lipinski definition) is 0. The first kappa shape index (κ1) is 18.7. The zero-order chi connectivity index (χ0) is 18.5. The lowest BCUT2D eigenvalue weighted by Gasteiger charge is -2.43. The van der Waals surface area contributed by atoms with Gasteiger partial charge in [0.15, 0.2) is 0 Å². The minimum Gasteiger partial charge on any atom is -0.752 e. The van der Waals surface area contributed by atoms with E-state index in [0.717, 1.165) is 11.1 Å². The second kappa shape index (κ2) is 8.51. The summed E-state index contributed by atoms with van der Waals surface area (Å²) in [6, 6.07) is 14.2. The van der Waals surface area contributed by atoms with Crippen LogP contribution >= 0.6 is 0 Å². The molecule has 0 amide bonds. The Kier molecular flexibility index (Phi) is 6.11. The van der Waals surface area contributed by atoms with E-state index >= 15 is 0 Å². The summed E-state index contributed by atoms with van der Waals surface area (Å²) in [5, 5.41) is 25.8. The lowest BCUT2D eigenvalue weighted by atomic mass is 9.92. The molecule has 0 aromatic heterocycles. The average molecular weight is 356 g/mol. The Hall–Kier alpha value is -2.12. The number of hydrogen-bond acceptors (Lipinski definition) is 6. The van der Waals surface area contributed by atoms with Crippen LogP contribution in [-0.2, 0) is 0 Å². The van der Waals surface area contributed by atoms with Crippen LogP contribution in [0.1, 0.15) is 36.8 Å². The summed E-state index contributed by atoms with van der Waals surface area (Å²) in [7, 11) is 0. The summed E-state index contributed by atoms with van der Waals surface area (Å²) in [6.07, 6.45) is 2.37. The van der Waals surface area contributed by atoms with Crippen molar-refractivity contribution >= 4 is 0 Å². The first-order valence-corrected chi connectivity index (χ1v) is 8.93. The fraction of sp³-hybridized carbons (Fsp3) is 0.400. The van der Waals surface area contributed by atoms with Gasteiger partial charge in [0.2, 0.25) is 0 Å². The zero-order valence-corrected chi connectivity index (χ0v) is 15.1. The minimum absolute atomic E-state index is 0.250. The Morgan fingerprint density at radius 2 is 0.962 bits per heavy atom. The van der Waals surface area contributed by atoms with E-state index in [4.69, 9.17) is 9.68 Å². The van der Waals surface area contributed by atoms with E-state index in [0.29, 0.717) is 47.6 Å². The maximum absolute atomic E-state index is 12.2. The van der Waals surface area contributed by atoms with Gasteiger partial charge >= 0.3 is 0 Å². The van der Waals surface area contributed by atoms with Crippen LogP contribution in [0.25, 0.3) is 0 Å². The van der Waals surface area contributed by atoms with Crippen LogP contribution in [0.4, 0.5) is 0 Å². The van der Waals surface area contributed by atoms with E-state index in [9.17, 15) is 10.4 Å². The van der Waals surface area contributed by atoms with E-state index in [1.54, 1.807) is 24.3 Å². The molecule has 0 N–H and O–H groups in total. The van der Waals surface area contributed by atoms with Gasteiger partial charge in [-0.3, -0.25) is 0 Å². The molecule has 2 aromatic rings. The van der Waals surface area contributed by atoms with Crippen molar-refractivity contribution in [1.29, 1.82) is 0 Å². The molecule has 6 nitrogen and oxygen atoms in total. The number of rotatable bonds is 6. The molecular formula is C20H24N2O4-2. The van der Waals surface area contributed by atoms with Crippen LogP contribution in [-0.4, -0.2) is 22.5 Å². The third kappa shape index (κ3) is 4.95. The van der Waals surface area contributed by atoms with Crippen LogP contribution in [0.5, 0.6) is 11.5 Å². The molecule has 0 aliphatic heterocycles. The van der Waals surface area contributed by atoms with Gasteiger partial charge in [-0.25, -0.2) is 10.5 Å². The second-order valence-electron chi connectivity index (χ2n) is 6.84. The maximum Gasteiger partial charge on any atom is 0.146 e. The summed E-state index contributed by atoms with van der Waals surface area (Å²) < 4.78 is 0. The van der Waals surface area contributed by atoms with Crippen LogP contribution in [0.2, 0.25) is 0 Å². The van der Waals surface area contributed by atoms with Gasteiger partial charge in [-0.1, -0.05) is 35.4 Å². The summed E-state index contributed by atoms with van der Waals surface area (Å²) in [6.45, 7) is 3.96. The molecule has 0 radical (unpaired) electrons. The normalized spacial score (nSPS) is 20.4. The number of benzene rings is 2. The quantitative estimate of drug-likeness (QED) is 0.710. The van der Waals surface area contributed by atoms with Crippen LogP contribution in [0.3, 0.4) is 0 Å². The molecule has 0 unspecified atom stereocenters. The predicted molar refractivity (Wildman–Crippen MR) is 100 cm³/mol. The van der Waals surface area contributed by atoms with E-state index in [-0.39, 0.29) is 12.1 Å². The molecule has 0 spiro atoms. The summed E-state index contributed by atoms with van der Waals surface area (Å²) >= 11 is 0. The topological polar surface area (TPSA) is 71.1 Å². The molecule has 2 aromatic carbocycles. The van der Waals surface area contributed by atoms with Gasteiger partial charge in [0.05, 0.1) is 0 Å². The molecule has 0 bridgehead atoms. The van der Waals surface area contributed by atoms with Gasteiger partial charge in [0.25, 0.3) is 0 Å². The van der Waals surface area contributed by atoms with Crippen molar-refractivity contribution in [3.8, 4) is 11.5 Å². The molecule has 1 aliphatic carbocycles. The highest BCUT2D eigenvalue weighted by molar-refractivity contribution is 5.26. The molecule has 0 saturated heterocycles. The van der Waals surface area contributed by atoms with Gasteiger partial charge in [0.1, 0.15) is 11.5 Å². The molecule has 3 rings (SSSR count). The van der Waals surface area contributed by atoms with Crippen molar-refractivity contribution in [3.05, 3.63) is 70.1 Å². The average Bonchev–Trinajstić information content (AvgIpc) is 2.65. The summed E-state index contributed by atoms with van der Waals surface area (Å²) in [5.41, 5.74) is 2.22. The fourth-order valence-corrected chi connectivity index (χ4v) is 3.03. The third-order valence-electron chi connectivity index (χ3n) is 4.70. The smallest absolute Gasteiger partial charge is 0.146 e. The first-order valence-electron chi connectivity index (χ1n) is 8.93. The van der Waals surface area contributed by atoms with Crippen molar-refractivity contribution in [3.63, 3.8) is 0 Å². The molecule has 0 heterocycles. The molecule has 6 heteroatoms. The van der Waals surface area contributed by atoms with Crippen LogP contribution < -0.4 is 9.68 Å². The predicted octanol–water partition coefficient (Wildman–Crippen LogP) is 4.50. The summed E-state index contributed by atoms with van der Waals surface area (Å²) in [4.78, 5) is 10.7. The highest BCUT2D eigenvalue weighted by atomic mass is 16.9. The van der Waals surface area contributed by atoms with Crippen LogP contribution in [0, 0.1) is 24.3 Å². The Bertz CT molecular complexity index is 620. The van der Waals surface area contributed by atoms with E-state index < -0.39 is 0 Å².